The van der Waals surface area contributed by atoms with Crippen LogP contribution in [0.2, 0.25) is 0 Å². The van der Waals surface area contributed by atoms with Gasteiger partial charge in [0.15, 0.2) is 5.76 Å². The first kappa shape index (κ1) is 24.7. The predicted octanol–water partition coefficient (Wildman–Crippen LogP) is 5.09. The molecule has 2 aliphatic rings. The summed E-state index contributed by atoms with van der Waals surface area (Å²) in [4.78, 5) is 42.4. The number of allylic oxidation sites excluding steroid dienone is 1. The number of aromatic nitrogens is 2. The topological polar surface area (TPSA) is 109 Å². The van der Waals surface area contributed by atoms with E-state index in [1.807, 2.05) is 42.1 Å². The minimum absolute atomic E-state index is 0.0816. The molecule has 0 amide bonds. The van der Waals surface area contributed by atoms with Crippen molar-refractivity contribution < 1.29 is 28.5 Å². The largest absolute Gasteiger partial charge is 0.497 e. The van der Waals surface area contributed by atoms with Crippen molar-refractivity contribution in [3.63, 3.8) is 0 Å². The summed E-state index contributed by atoms with van der Waals surface area (Å²) < 4.78 is 24.5. The van der Waals surface area contributed by atoms with Crippen LogP contribution in [-0.4, -0.2) is 35.5 Å². The molecule has 1 N–H and O–H groups in total. The first-order chi connectivity index (χ1) is 19.8. The molecule has 1 atom stereocenters. The molecule has 9 heteroatoms. The highest BCUT2D eigenvalue weighted by Gasteiger charge is 2.39. The number of ether oxygens (including phenoxy) is 4. The van der Waals surface area contributed by atoms with Crippen LogP contribution in [0.1, 0.15) is 39.4 Å². The van der Waals surface area contributed by atoms with Crippen molar-refractivity contribution in [2.24, 2.45) is 7.05 Å². The maximum Gasteiger partial charge on any atom is 0.312 e. The van der Waals surface area contributed by atoms with E-state index in [0.717, 1.165) is 21.9 Å². The zero-order valence-corrected chi connectivity index (χ0v) is 22.4. The monoisotopic (exact) mass is 548 g/mol. The predicted molar refractivity (Wildman–Crippen MR) is 152 cm³/mol. The molecule has 0 radical (unpaired) electrons. The van der Waals surface area contributed by atoms with Gasteiger partial charge in [0.2, 0.25) is 5.78 Å². The molecule has 3 aromatic carbocycles. The third-order valence-corrected chi connectivity index (χ3v) is 7.75. The van der Waals surface area contributed by atoms with Gasteiger partial charge in [-0.2, -0.15) is 0 Å². The van der Waals surface area contributed by atoms with Crippen LogP contribution >= 0.6 is 0 Å². The normalized spacial score (nSPS) is 17.0. The van der Waals surface area contributed by atoms with Gasteiger partial charge in [-0.05, 0) is 60.7 Å². The Kier molecular flexibility index (Phi) is 5.50. The minimum Gasteiger partial charge on any atom is -0.497 e. The van der Waals surface area contributed by atoms with E-state index in [0.29, 0.717) is 39.5 Å². The number of ketones is 1. The number of nitrogens with zero attached hydrogens (tertiary/aromatic N) is 1. The second kappa shape index (κ2) is 9.12. The Hall–Kier alpha value is -5.31. The average molecular weight is 549 g/mol. The zero-order valence-electron chi connectivity index (χ0n) is 22.4. The highest BCUT2D eigenvalue weighted by Crippen LogP contribution is 2.48. The molecule has 0 saturated carbocycles. The summed E-state index contributed by atoms with van der Waals surface area (Å²) in [7, 11) is 5.10. The Balaban J connectivity index is 1.36. The number of carbonyl (C=O) groups excluding carboxylic acids is 2. The Morgan fingerprint density at radius 3 is 2.54 bits per heavy atom. The van der Waals surface area contributed by atoms with E-state index in [1.165, 1.54) is 0 Å². The second-order valence-electron chi connectivity index (χ2n) is 10.1. The van der Waals surface area contributed by atoms with Gasteiger partial charge in [0, 0.05) is 57.7 Å². The number of Topliss-reactive ketones (excluding diaryl/α,β-unsaturated/α-hetero) is 1. The number of esters is 1. The fraction of sp³-hybridized carbons (Fsp3) is 0.156. The number of H-pyrrole nitrogens is 1. The second-order valence-corrected chi connectivity index (χ2v) is 10.1. The number of methoxy groups -OCH3 is 2. The van der Waals surface area contributed by atoms with Crippen LogP contribution < -0.4 is 24.5 Å². The number of nitrogens with one attached hydrogen (secondary N) is 1. The minimum atomic E-state index is -0.686. The van der Waals surface area contributed by atoms with Gasteiger partial charge in [-0.25, -0.2) is 0 Å². The van der Waals surface area contributed by atoms with Crippen molar-refractivity contribution in [1.82, 2.24) is 9.55 Å². The summed E-state index contributed by atoms with van der Waals surface area (Å²) in [6.07, 6.45) is 3.54. The van der Waals surface area contributed by atoms with Crippen molar-refractivity contribution in [3.05, 3.63) is 99.2 Å². The van der Waals surface area contributed by atoms with Crippen LogP contribution in [0.3, 0.4) is 0 Å². The lowest BCUT2D eigenvalue weighted by Gasteiger charge is -2.26. The lowest BCUT2D eigenvalue weighted by atomic mass is 9.85. The van der Waals surface area contributed by atoms with Crippen LogP contribution in [0.5, 0.6) is 23.0 Å². The zero-order chi connectivity index (χ0) is 28.4. The average Bonchev–Trinajstić information content (AvgIpc) is 3.46. The van der Waals surface area contributed by atoms with E-state index in [2.05, 4.69) is 4.98 Å². The maximum atomic E-state index is 13.6. The van der Waals surface area contributed by atoms with Crippen molar-refractivity contribution in [3.8, 4) is 23.0 Å². The maximum absolute atomic E-state index is 13.6. The quantitative estimate of drug-likeness (QED) is 0.189. The molecule has 0 bridgehead atoms. The number of aromatic amines is 1. The van der Waals surface area contributed by atoms with Crippen molar-refractivity contribution in [2.45, 2.75) is 12.3 Å². The summed E-state index contributed by atoms with van der Waals surface area (Å²) >= 11 is 0. The Morgan fingerprint density at radius 1 is 0.951 bits per heavy atom. The number of aryl methyl sites for hydroxylation is 1. The Bertz CT molecular complexity index is 2030. The summed E-state index contributed by atoms with van der Waals surface area (Å²) in [5.41, 5.74) is 3.26. The third-order valence-electron chi connectivity index (χ3n) is 7.75. The van der Waals surface area contributed by atoms with Crippen molar-refractivity contribution >= 4 is 39.6 Å². The molecule has 9 nitrogen and oxygen atoms in total. The summed E-state index contributed by atoms with van der Waals surface area (Å²) in [5, 5.41) is 1.65. The third kappa shape index (κ3) is 3.88. The number of hydrogen-bond acceptors (Lipinski definition) is 7. The van der Waals surface area contributed by atoms with Crippen LogP contribution in [-0.2, 0) is 11.8 Å². The molecular weight excluding hydrogens is 524 g/mol. The number of rotatable bonds is 4. The standard InChI is InChI=1S/C32H24N2O7/c1-34-15-17(21-13-19(39-3)5-8-25(21)34)12-27-30(36)20-6-9-26-29(31(20)41-27)22(14-28(35)40-26)23-11-16-10-18(38-2)4-7-24(16)33-32(23)37/h4-13,15,22H,14H2,1-3H3,(H,33,37)/b27-12-. The number of pyridine rings is 1. The fourth-order valence-electron chi connectivity index (χ4n) is 5.74. The lowest BCUT2D eigenvalue weighted by Crippen LogP contribution is -2.26. The summed E-state index contributed by atoms with van der Waals surface area (Å²) in [6, 6.07) is 16.0. The van der Waals surface area contributed by atoms with Crippen molar-refractivity contribution in [2.75, 3.05) is 14.2 Å². The molecule has 7 rings (SSSR count). The Labute approximate surface area is 233 Å². The molecule has 0 aliphatic carbocycles. The summed E-state index contributed by atoms with van der Waals surface area (Å²) in [5.74, 6) is 0.564. The van der Waals surface area contributed by atoms with Gasteiger partial charge in [-0.15, -0.1) is 0 Å². The molecule has 2 aliphatic heterocycles. The lowest BCUT2D eigenvalue weighted by molar-refractivity contribution is -0.135. The van der Waals surface area contributed by atoms with Gasteiger partial charge in [-0.1, -0.05) is 0 Å². The molecule has 204 valence electrons. The smallest absolute Gasteiger partial charge is 0.312 e. The van der Waals surface area contributed by atoms with E-state index in [-0.39, 0.29) is 29.3 Å². The van der Waals surface area contributed by atoms with Crippen LogP contribution in [0.15, 0.2) is 71.3 Å². The first-order valence-electron chi connectivity index (χ1n) is 13.0. The van der Waals surface area contributed by atoms with Gasteiger partial charge < -0.3 is 28.5 Å². The van der Waals surface area contributed by atoms with E-state index >= 15 is 0 Å². The molecular formula is C32H24N2O7. The molecule has 1 unspecified atom stereocenters. The fourth-order valence-corrected chi connectivity index (χ4v) is 5.74. The van der Waals surface area contributed by atoms with Crippen molar-refractivity contribution in [1.29, 1.82) is 0 Å². The first-order valence-corrected chi connectivity index (χ1v) is 13.0. The van der Waals surface area contributed by atoms with Gasteiger partial charge in [0.1, 0.15) is 23.0 Å². The molecule has 41 heavy (non-hydrogen) atoms. The van der Waals surface area contributed by atoms with Gasteiger partial charge in [0.25, 0.3) is 5.56 Å². The molecule has 0 saturated heterocycles. The molecule has 0 spiro atoms. The molecule has 4 heterocycles. The SMILES string of the molecule is COc1ccc2[nH]c(=O)c(C3CC(=O)Oc4ccc5c(c43)O/C(=C\c3cn(C)c4ccc(OC)cc34)C5=O)cc2c1. The Morgan fingerprint density at radius 2 is 1.73 bits per heavy atom. The molecule has 5 aromatic rings. The number of benzene rings is 3. The van der Waals surface area contributed by atoms with Crippen LogP contribution in [0.25, 0.3) is 27.9 Å². The number of fused-ring (bicyclic) bond motifs is 5. The summed E-state index contributed by atoms with van der Waals surface area (Å²) in [6.45, 7) is 0. The van der Waals surface area contributed by atoms with E-state index in [1.54, 1.807) is 50.6 Å². The number of carbonyl (C=O) groups is 2. The van der Waals surface area contributed by atoms with Gasteiger partial charge in [-0.3, -0.25) is 14.4 Å². The van der Waals surface area contributed by atoms with Crippen LogP contribution in [0.4, 0.5) is 0 Å². The van der Waals surface area contributed by atoms with Gasteiger partial charge in [0.05, 0.1) is 26.2 Å². The van der Waals surface area contributed by atoms with Crippen LogP contribution in [0, 0.1) is 0 Å². The number of hydrogen-bond donors (Lipinski definition) is 1. The van der Waals surface area contributed by atoms with E-state index < -0.39 is 11.9 Å². The molecule has 2 aromatic heterocycles. The van der Waals surface area contributed by atoms with E-state index in [4.69, 9.17) is 18.9 Å². The van der Waals surface area contributed by atoms with Gasteiger partial charge >= 0.3 is 5.97 Å². The highest BCUT2D eigenvalue weighted by molar-refractivity contribution is 6.16. The molecule has 0 fully saturated rings. The van der Waals surface area contributed by atoms with E-state index in [9.17, 15) is 14.4 Å². The highest BCUT2D eigenvalue weighted by atomic mass is 16.5.